The monoisotopic (exact) mass is 896 g/mol. The zero-order valence-corrected chi connectivity index (χ0v) is 42.0. The lowest BCUT2D eigenvalue weighted by molar-refractivity contribution is -0.870. The Labute approximate surface area is 382 Å². The predicted molar refractivity (Wildman–Crippen MR) is 259 cm³/mol. The van der Waals surface area contributed by atoms with Gasteiger partial charge in [-0.2, -0.15) is 0 Å². The van der Waals surface area contributed by atoms with Crippen molar-refractivity contribution < 1.29 is 42.1 Å². The van der Waals surface area contributed by atoms with Gasteiger partial charge in [0.05, 0.1) is 27.7 Å². The molecule has 0 aromatic heterocycles. The van der Waals surface area contributed by atoms with Gasteiger partial charge in [-0.1, -0.05) is 185 Å². The lowest BCUT2D eigenvalue weighted by Gasteiger charge is -2.28. The largest absolute Gasteiger partial charge is 0.756 e. The highest BCUT2D eigenvalue weighted by molar-refractivity contribution is 7.45. The summed E-state index contributed by atoms with van der Waals surface area (Å²) >= 11 is 0. The molecule has 0 spiro atoms. The molecule has 0 bridgehead atoms. The molecule has 10 heteroatoms. The Hall–Kier alpha value is -1.77. The van der Waals surface area contributed by atoms with Crippen LogP contribution in [0.25, 0.3) is 0 Å². The summed E-state index contributed by atoms with van der Waals surface area (Å²) in [7, 11) is 1.16. The van der Waals surface area contributed by atoms with Crippen LogP contribution in [0.1, 0.15) is 232 Å². The quantitative estimate of drug-likeness (QED) is 0.0195. The Bertz CT molecular complexity index is 1150. The molecule has 0 aromatic rings. The van der Waals surface area contributed by atoms with Crippen molar-refractivity contribution in [1.29, 1.82) is 0 Å². The summed E-state index contributed by atoms with van der Waals surface area (Å²) in [6.07, 6.45) is 51.8. The maximum Gasteiger partial charge on any atom is 0.306 e. The van der Waals surface area contributed by atoms with Gasteiger partial charge in [0.15, 0.2) is 6.10 Å². The number of hydrogen-bond donors (Lipinski definition) is 0. The molecule has 0 fully saturated rings. The summed E-state index contributed by atoms with van der Waals surface area (Å²) < 4.78 is 34.0. The standard InChI is InChI=1S/C52H98NO8P/c1-6-8-10-12-14-16-18-20-21-22-23-24-25-26-27-28-29-30-31-33-35-37-39-41-43-45-52(55)61-50(49-60-62(56,57)59-47-46-53(3,4)5)48-58-51(54)44-42-40-38-36-34-32-19-17-15-13-11-9-7-2/h17-20,22-23,50H,6-16,21,24-49H2,1-5H3/b19-17-,20-18-,23-22-. The number of phosphoric acid groups is 1. The van der Waals surface area contributed by atoms with E-state index in [0.29, 0.717) is 17.4 Å². The van der Waals surface area contributed by atoms with Gasteiger partial charge in [-0.05, 0) is 70.6 Å². The molecule has 0 aliphatic carbocycles. The van der Waals surface area contributed by atoms with Crippen molar-refractivity contribution in [3.05, 3.63) is 36.5 Å². The first-order valence-corrected chi connectivity index (χ1v) is 27.2. The van der Waals surface area contributed by atoms with Gasteiger partial charge in [0, 0.05) is 12.8 Å². The van der Waals surface area contributed by atoms with Crippen LogP contribution in [0.15, 0.2) is 36.5 Å². The van der Waals surface area contributed by atoms with Gasteiger partial charge in [0.2, 0.25) is 0 Å². The van der Waals surface area contributed by atoms with Crippen molar-refractivity contribution in [1.82, 2.24) is 0 Å². The van der Waals surface area contributed by atoms with Gasteiger partial charge in [0.25, 0.3) is 7.82 Å². The molecule has 0 aromatic carbocycles. The number of carbonyl (C=O) groups excluding carboxylic acids is 2. The van der Waals surface area contributed by atoms with Gasteiger partial charge < -0.3 is 27.9 Å². The molecule has 62 heavy (non-hydrogen) atoms. The molecular formula is C52H98NO8P. The normalized spacial score (nSPS) is 13.7. The fraction of sp³-hybridized carbons (Fsp3) is 0.846. The van der Waals surface area contributed by atoms with Crippen molar-refractivity contribution in [2.24, 2.45) is 0 Å². The predicted octanol–water partition coefficient (Wildman–Crippen LogP) is 14.6. The molecule has 0 saturated heterocycles. The average molecular weight is 896 g/mol. The van der Waals surface area contributed by atoms with Crippen LogP contribution in [0.2, 0.25) is 0 Å². The number of rotatable bonds is 47. The van der Waals surface area contributed by atoms with Crippen LogP contribution in [0.3, 0.4) is 0 Å². The first-order chi connectivity index (χ1) is 30.0. The molecule has 0 N–H and O–H groups in total. The highest BCUT2D eigenvalue weighted by atomic mass is 31.2. The summed E-state index contributed by atoms with van der Waals surface area (Å²) in [5.41, 5.74) is 0. The first-order valence-electron chi connectivity index (χ1n) is 25.7. The summed E-state index contributed by atoms with van der Waals surface area (Å²) in [6.45, 7) is 4.21. The van der Waals surface area contributed by atoms with Gasteiger partial charge in [-0.25, -0.2) is 0 Å². The van der Waals surface area contributed by atoms with E-state index >= 15 is 0 Å². The van der Waals surface area contributed by atoms with E-state index in [-0.39, 0.29) is 26.1 Å². The van der Waals surface area contributed by atoms with Crippen molar-refractivity contribution >= 4 is 19.8 Å². The van der Waals surface area contributed by atoms with E-state index in [9.17, 15) is 19.0 Å². The molecule has 0 aliphatic heterocycles. The highest BCUT2D eigenvalue weighted by Gasteiger charge is 2.21. The molecule has 364 valence electrons. The number of likely N-dealkylation sites (N-methyl/N-ethyl adjacent to an activating group) is 1. The molecule has 2 unspecified atom stereocenters. The van der Waals surface area contributed by atoms with E-state index in [4.69, 9.17) is 18.5 Å². The zero-order chi connectivity index (χ0) is 45.7. The molecule has 0 saturated carbocycles. The van der Waals surface area contributed by atoms with Crippen LogP contribution in [0.5, 0.6) is 0 Å². The van der Waals surface area contributed by atoms with E-state index < -0.39 is 32.5 Å². The SMILES string of the molecule is CCCCCC/C=C\CCCCCCCC(=O)OCC(COP(=O)([O-])OCC[N+](C)(C)C)OC(=O)CCCCCCCCCCCCCCC/C=C\C/C=C\CCCCCCC. The number of nitrogens with zero attached hydrogens (tertiary/aromatic N) is 1. The Morgan fingerprint density at radius 1 is 0.500 bits per heavy atom. The molecule has 9 nitrogen and oxygen atoms in total. The Balaban J connectivity index is 4.18. The molecule has 2 atom stereocenters. The Morgan fingerprint density at radius 2 is 0.871 bits per heavy atom. The van der Waals surface area contributed by atoms with Gasteiger partial charge in [0.1, 0.15) is 19.8 Å². The maximum absolute atomic E-state index is 12.7. The third-order valence-electron chi connectivity index (χ3n) is 11.1. The fourth-order valence-electron chi connectivity index (χ4n) is 7.09. The number of hydrogen-bond acceptors (Lipinski definition) is 8. The number of phosphoric ester groups is 1. The fourth-order valence-corrected chi connectivity index (χ4v) is 7.82. The maximum atomic E-state index is 12.7. The van der Waals surface area contributed by atoms with E-state index in [1.165, 1.54) is 135 Å². The summed E-state index contributed by atoms with van der Waals surface area (Å²) in [5, 5.41) is 0. The van der Waals surface area contributed by atoms with E-state index in [1.54, 1.807) is 0 Å². The minimum Gasteiger partial charge on any atom is -0.756 e. The molecule has 0 aliphatic rings. The van der Waals surface area contributed by atoms with E-state index in [1.807, 2.05) is 21.1 Å². The molecular weight excluding hydrogens is 798 g/mol. The molecule has 0 rings (SSSR count). The number of ether oxygens (including phenoxy) is 2. The molecule has 0 radical (unpaired) electrons. The van der Waals surface area contributed by atoms with Crippen LogP contribution in [-0.4, -0.2) is 70.0 Å². The third-order valence-corrected chi connectivity index (χ3v) is 12.1. The number of allylic oxidation sites excluding steroid dienone is 6. The lowest BCUT2D eigenvalue weighted by Crippen LogP contribution is -2.37. The third kappa shape index (κ3) is 47.7. The van der Waals surface area contributed by atoms with Crippen LogP contribution in [0, 0.1) is 0 Å². The topological polar surface area (TPSA) is 111 Å². The molecule has 0 heterocycles. The number of esters is 2. The lowest BCUT2D eigenvalue weighted by atomic mass is 10.0. The van der Waals surface area contributed by atoms with Gasteiger partial charge in [-0.15, -0.1) is 0 Å². The van der Waals surface area contributed by atoms with Gasteiger partial charge in [-0.3, -0.25) is 14.2 Å². The average Bonchev–Trinajstić information content (AvgIpc) is 3.23. The van der Waals surface area contributed by atoms with Crippen LogP contribution in [0.4, 0.5) is 0 Å². The minimum absolute atomic E-state index is 0.0316. The van der Waals surface area contributed by atoms with Gasteiger partial charge >= 0.3 is 11.9 Å². The Kier molecular flexibility index (Phi) is 43.2. The highest BCUT2D eigenvalue weighted by Crippen LogP contribution is 2.38. The zero-order valence-electron chi connectivity index (χ0n) is 41.1. The number of quaternary nitrogens is 1. The first kappa shape index (κ1) is 60.2. The van der Waals surface area contributed by atoms with Crippen LogP contribution in [-0.2, 0) is 32.7 Å². The van der Waals surface area contributed by atoms with Crippen molar-refractivity contribution in [3.63, 3.8) is 0 Å². The van der Waals surface area contributed by atoms with E-state index in [0.717, 1.165) is 64.2 Å². The summed E-state index contributed by atoms with van der Waals surface area (Å²) in [5.74, 6) is -0.839. The second kappa shape index (κ2) is 44.4. The smallest absolute Gasteiger partial charge is 0.306 e. The second-order valence-electron chi connectivity index (χ2n) is 18.5. The minimum atomic E-state index is -4.63. The van der Waals surface area contributed by atoms with Crippen molar-refractivity contribution in [3.8, 4) is 0 Å². The van der Waals surface area contributed by atoms with Crippen molar-refractivity contribution in [2.75, 3.05) is 47.5 Å². The summed E-state index contributed by atoms with van der Waals surface area (Å²) in [4.78, 5) is 37.7. The van der Waals surface area contributed by atoms with E-state index in [2.05, 4.69) is 50.3 Å². The second-order valence-corrected chi connectivity index (χ2v) is 19.9. The Morgan fingerprint density at radius 3 is 1.31 bits per heavy atom. The van der Waals surface area contributed by atoms with Crippen molar-refractivity contribution in [2.45, 2.75) is 238 Å². The van der Waals surface area contributed by atoms with Crippen LogP contribution < -0.4 is 4.89 Å². The number of carbonyl (C=O) groups is 2. The number of unbranched alkanes of at least 4 members (excludes halogenated alkanes) is 27. The summed E-state index contributed by atoms with van der Waals surface area (Å²) in [6, 6.07) is 0. The van der Waals surface area contributed by atoms with Crippen LogP contribution >= 0.6 is 7.82 Å². The molecule has 0 amide bonds.